The number of sulfonamides is 1. The summed E-state index contributed by atoms with van der Waals surface area (Å²) in [6.07, 6.45) is 1.45. The average molecular weight is 396 g/mol. The van der Waals surface area contributed by atoms with Gasteiger partial charge in [-0.25, -0.2) is 8.42 Å². The van der Waals surface area contributed by atoms with E-state index in [9.17, 15) is 23.3 Å². The van der Waals surface area contributed by atoms with Gasteiger partial charge in [-0.05, 0) is 37.8 Å². The second kappa shape index (κ2) is 7.53. The number of carbonyl (C=O) groups excluding carboxylic acids is 1. The Morgan fingerprint density at radius 3 is 2.48 bits per heavy atom. The molecule has 0 bridgehead atoms. The summed E-state index contributed by atoms with van der Waals surface area (Å²) in [7, 11) is -3.80. The van der Waals surface area contributed by atoms with Crippen LogP contribution in [0.2, 0.25) is 0 Å². The number of benzene rings is 1. The molecule has 27 heavy (non-hydrogen) atoms. The number of piperidine rings is 1. The number of carbonyl (C=O) groups is 1. The normalized spacial score (nSPS) is 22.1. The Bertz CT molecular complexity index is 847. The van der Waals surface area contributed by atoms with Crippen molar-refractivity contribution in [2.24, 2.45) is 0 Å². The number of non-ortho nitro benzene ring substituents is 1. The molecule has 2 aliphatic heterocycles. The standard InChI is InChI=1S/C17H24N4O5S/c1-12-8-15(21(23)24)9-13(2)17(12)27(25,26)19-6-3-4-14(11-19)20-7-5-18-10-16(20)22/h8-9,14,18H,3-7,10-11H2,1-2H3. The van der Waals surface area contributed by atoms with Gasteiger partial charge in [0, 0.05) is 44.4 Å². The molecule has 0 aliphatic carbocycles. The van der Waals surface area contributed by atoms with Gasteiger partial charge in [-0.1, -0.05) is 0 Å². The number of hydrogen-bond acceptors (Lipinski definition) is 6. The van der Waals surface area contributed by atoms with Gasteiger partial charge in [-0.3, -0.25) is 14.9 Å². The molecule has 0 aromatic heterocycles. The van der Waals surface area contributed by atoms with Crippen molar-refractivity contribution in [1.29, 1.82) is 0 Å². The third-order valence-corrected chi connectivity index (χ3v) is 7.35. The summed E-state index contributed by atoms with van der Waals surface area (Å²) in [5.74, 6) is -0.00630. The predicted molar refractivity (Wildman–Crippen MR) is 98.9 cm³/mol. The van der Waals surface area contributed by atoms with Crippen LogP contribution in [-0.2, 0) is 14.8 Å². The number of aryl methyl sites for hydroxylation is 2. The van der Waals surface area contributed by atoms with Crippen molar-refractivity contribution >= 4 is 21.6 Å². The second-order valence-corrected chi connectivity index (χ2v) is 8.96. The summed E-state index contributed by atoms with van der Waals surface area (Å²) < 4.78 is 27.9. The van der Waals surface area contributed by atoms with E-state index in [2.05, 4.69) is 5.32 Å². The van der Waals surface area contributed by atoms with Crippen LogP contribution >= 0.6 is 0 Å². The van der Waals surface area contributed by atoms with E-state index in [1.54, 1.807) is 18.7 Å². The number of nitro groups is 1. The molecule has 2 aliphatic rings. The Kier molecular flexibility index (Phi) is 5.50. The minimum atomic E-state index is -3.80. The molecule has 1 aromatic carbocycles. The summed E-state index contributed by atoms with van der Waals surface area (Å²) in [4.78, 5) is 24.6. The van der Waals surface area contributed by atoms with E-state index < -0.39 is 14.9 Å². The van der Waals surface area contributed by atoms with E-state index in [0.717, 1.165) is 6.42 Å². The first-order valence-electron chi connectivity index (χ1n) is 8.98. The lowest BCUT2D eigenvalue weighted by Crippen LogP contribution is -2.57. The Morgan fingerprint density at radius 1 is 1.22 bits per heavy atom. The zero-order valence-electron chi connectivity index (χ0n) is 15.5. The minimum absolute atomic E-state index is 0.00630. The number of nitrogens with zero attached hydrogens (tertiary/aromatic N) is 3. The maximum Gasteiger partial charge on any atom is 0.270 e. The average Bonchev–Trinajstić information content (AvgIpc) is 2.61. The molecule has 148 valence electrons. The van der Waals surface area contributed by atoms with Crippen molar-refractivity contribution in [3.63, 3.8) is 0 Å². The molecule has 2 saturated heterocycles. The lowest BCUT2D eigenvalue weighted by atomic mass is 10.1. The van der Waals surface area contributed by atoms with E-state index >= 15 is 0 Å². The molecule has 1 N–H and O–H groups in total. The maximum atomic E-state index is 13.3. The highest BCUT2D eigenvalue weighted by Crippen LogP contribution is 2.30. The van der Waals surface area contributed by atoms with Crippen LogP contribution in [0, 0.1) is 24.0 Å². The fraction of sp³-hybridized carbons (Fsp3) is 0.588. The van der Waals surface area contributed by atoms with E-state index in [4.69, 9.17) is 0 Å². The van der Waals surface area contributed by atoms with Crippen LogP contribution in [-0.4, -0.2) is 67.2 Å². The van der Waals surface area contributed by atoms with Gasteiger partial charge in [0.2, 0.25) is 15.9 Å². The molecule has 2 heterocycles. The van der Waals surface area contributed by atoms with Gasteiger partial charge in [-0.2, -0.15) is 4.31 Å². The quantitative estimate of drug-likeness (QED) is 0.595. The summed E-state index contributed by atoms with van der Waals surface area (Å²) >= 11 is 0. The molecule has 9 nitrogen and oxygen atoms in total. The number of amides is 1. The molecular weight excluding hydrogens is 372 g/mol. The zero-order valence-corrected chi connectivity index (χ0v) is 16.3. The van der Waals surface area contributed by atoms with Gasteiger partial charge in [0.25, 0.3) is 5.69 Å². The topological polar surface area (TPSA) is 113 Å². The van der Waals surface area contributed by atoms with E-state index in [1.165, 1.54) is 16.4 Å². The molecule has 0 spiro atoms. The van der Waals surface area contributed by atoms with E-state index in [1.807, 2.05) is 0 Å². The monoisotopic (exact) mass is 396 g/mol. The highest BCUT2D eigenvalue weighted by Gasteiger charge is 2.36. The maximum absolute atomic E-state index is 13.3. The lowest BCUT2D eigenvalue weighted by Gasteiger charge is -2.40. The molecule has 1 aromatic rings. The molecule has 2 fully saturated rings. The van der Waals surface area contributed by atoms with Gasteiger partial charge < -0.3 is 10.2 Å². The van der Waals surface area contributed by atoms with Crippen molar-refractivity contribution in [2.75, 3.05) is 32.7 Å². The van der Waals surface area contributed by atoms with Gasteiger partial charge in [0.05, 0.1) is 16.4 Å². The molecule has 1 atom stereocenters. The summed E-state index contributed by atoms with van der Waals surface area (Å²) in [6, 6.07) is 2.45. The largest absolute Gasteiger partial charge is 0.336 e. The van der Waals surface area contributed by atoms with Crippen molar-refractivity contribution in [1.82, 2.24) is 14.5 Å². The highest BCUT2D eigenvalue weighted by atomic mass is 32.2. The van der Waals surface area contributed by atoms with Gasteiger partial charge in [0.15, 0.2) is 0 Å². The summed E-state index contributed by atoms with van der Waals surface area (Å²) in [5, 5.41) is 14.0. The van der Waals surface area contributed by atoms with Crippen molar-refractivity contribution in [2.45, 2.75) is 37.6 Å². The van der Waals surface area contributed by atoms with Crippen molar-refractivity contribution in [3.8, 4) is 0 Å². The molecule has 1 unspecified atom stereocenters. The number of nitro benzene ring substituents is 1. The first-order valence-corrected chi connectivity index (χ1v) is 10.4. The minimum Gasteiger partial charge on any atom is -0.336 e. The third kappa shape index (κ3) is 3.83. The Morgan fingerprint density at radius 2 is 1.89 bits per heavy atom. The SMILES string of the molecule is Cc1cc([N+](=O)[O-])cc(C)c1S(=O)(=O)N1CCCC(N2CCNCC2=O)C1. The van der Waals surface area contributed by atoms with Crippen LogP contribution in [0.25, 0.3) is 0 Å². The molecule has 0 radical (unpaired) electrons. The number of piperazine rings is 1. The summed E-state index contributed by atoms with van der Waals surface area (Å²) in [5.41, 5.74) is 0.607. The fourth-order valence-corrected chi connectivity index (χ4v) is 5.90. The molecule has 1 amide bonds. The number of hydrogen-bond donors (Lipinski definition) is 1. The smallest absolute Gasteiger partial charge is 0.270 e. The molecule has 0 saturated carbocycles. The van der Waals surface area contributed by atoms with Gasteiger partial charge in [-0.15, -0.1) is 0 Å². The number of nitrogens with one attached hydrogen (secondary N) is 1. The fourth-order valence-electron chi connectivity index (χ4n) is 3.97. The van der Waals surface area contributed by atoms with Crippen LogP contribution in [0.15, 0.2) is 17.0 Å². The van der Waals surface area contributed by atoms with Crippen molar-refractivity contribution in [3.05, 3.63) is 33.4 Å². The molecule has 3 rings (SSSR count). The van der Waals surface area contributed by atoms with Crippen molar-refractivity contribution < 1.29 is 18.1 Å². The molecule has 10 heteroatoms. The first-order chi connectivity index (χ1) is 12.7. The lowest BCUT2D eigenvalue weighted by molar-refractivity contribution is -0.385. The van der Waals surface area contributed by atoms with Crippen LogP contribution < -0.4 is 5.32 Å². The third-order valence-electron chi connectivity index (χ3n) is 5.18. The number of rotatable bonds is 4. The van der Waals surface area contributed by atoms with Crippen LogP contribution in [0.1, 0.15) is 24.0 Å². The van der Waals surface area contributed by atoms with E-state index in [-0.39, 0.29) is 35.6 Å². The van der Waals surface area contributed by atoms with Crippen LogP contribution in [0.3, 0.4) is 0 Å². The molecular formula is C17H24N4O5S. The van der Waals surface area contributed by atoms with Gasteiger partial charge >= 0.3 is 0 Å². The Hall–Kier alpha value is -2.04. The Balaban J connectivity index is 1.88. The van der Waals surface area contributed by atoms with Crippen LogP contribution in [0.5, 0.6) is 0 Å². The van der Waals surface area contributed by atoms with Gasteiger partial charge in [0.1, 0.15) is 0 Å². The highest BCUT2D eigenvalue weighted by molar-refractivity contribution is 7.89. The van der Waals surface area contributed by atoms with Crippen LogP contribution in [0.4, 0.5) is 5.69 Å². The Labute approximate surface area is 158 Å². The first kappa shape index (κ1) is 19.7. The second-order valence-electron chi connectivity index (χ2n) is 7.09. The van der Waals surface area contributed by atoms with E-state index in [0.29, 0.717) is 37.2 Å². The zero-order chi connectivity index (χ0) is 19.8. The predicted octanol–water partition coefficient (Wildman–Crippen LogP) is 0.797. The summed E-state index contributed by atoms with van der Waals surface area (Å²) in [6.45, 7) is 5.35.